The molecular formula is C18H15N3O3S2. The van der Waals surface area contributed by atoms with Gasteiger partial charge in [-0.1, -0.05) is 54.2 Å². The van der Waals surface area contributed by atoms with E-state index >= 15 is 0 Å². The number of nitrogens with one attached hydrogen (secondary N) is 1. The first-order valence-corrected chi connectivity index (χ1v) is 9.62. The molecule has 8 heteroatoms. The van der Waals surface area contributed by atoms with E-state index in [1.54, 1.807) is 12.1 Å². The second kappa shape index (κ2) is 8.59. The smallest absolute Gasteiger partial charge is 0.270 e. The molecule has 1 N–H and O–H groups in total. The Kier molecular flexibility index (Phi) is 5.98. The van der Waals surface area contributed by atoms with Crippen LogP contribution in [0.4, 0.5) is 5.69 Å². The van der Waals surface area contributed by atoms with Crippen LogP contribution in [0.1, 0.15) is 5.56 Å². The van der Waals surface area contributed by atoms with Crippen LogP contribution in [0, 0.1) is 10.1 Å². The summed E-state index contributed by atoms with van der Waals surface area (Å²) in [5.41, 5.74) is 2.44. The first-order chi connectivity index (χ1) is 12.6. The third-order valence-corrected chi connectivity index (χ3v) is 5.52. The second-order valence-corrected chi connectivity index (χ2v) is 7.44. The lowest BCUT2D eigenvalue weighted by atomic mass is 10.1. The van der Waals surface area contributed by atoms with Gasteiger partial charge in [-0.25, -0.2) is 4.98 Å². The number of carbonyl (C=O) groups excluding carboxylic acids is 1. The number of nitro groups is 1. The van der Waals surface area contributed by atoms with Gasteiger partial charge < -0.3 is 5.32 Å². The van der Waals surface area contributed by atoms with Crippen molar-refractivity contribution >= 4 is 34.7 Å². The standard InChI is InChI=1S/C18H15N3O3S2/c22-17(19-10-13-5-2-1-3-6-13)12-26-18-20-16(11-25-18)14-7-4-8-15(9-14)21(23)24/h1-9,11H,10,12H2,(H,19,22). The molecule has 0 unspecified atom stereocenters. The molecule has 26 heavy (non-hydrogen) atoms. The Bertz CT molecular complexity index is 913. The number of thioether (sulfide) groups is 1. The summed E-state index contributed by atoms with van der Waals surface area (Å²) < 4.78 is 0.751. The molecule has 0 aliphatic rings. The number of nitrogens with zero attached hydrogens (tertiary/aromatic N) is 2. The predicted molar refractivity (Wildman–Crippen MR) is 103 cm³/mol. The van der Waals surface area contributed by atoms with Crippen molar-refractivity contribution in [3.8, 4) is 11.3 Å². The Balaban J connectivity index is 1.54. The van der Waals surface area contributed by atoms with Gasteiger partial charge in [-0.15, -0.1) is 11.3 Å². The molecule has 0 radical (unpaired) electrons. The first-order valence-electron chi connectivity index (χ1n) is 7.75. The molecular weight excluding hydrogens is 370 g/mol. The maximum absolute atomic E-state index is 12.0. The maximum Gasteiger partial charge on any atom is 0.270 e. The summed E-state index contributed by atoms with van der Waals surface area (Å²) in [4.78, 5) is 26.8. The van der Waals surface area contributed by atoms with Crippen molar-refractivity contribution < 1.29 is 9.72 Å². The first kappa shape index (κ1) is 18.1. The number of hydrogen-bond acceptors (Lipinski definition) is 6. The number of amides is 1. The number of nitro benzene ring substituents is 1. The molecule has 1 aromatic heterocycles. The number of hydrogen-bond donors (Lipinski definition) is 1. The average Bonchev–Trinajstić information content (AvgIpc) is 3.15. The molecule has 6 nitrogen and oxygen atoms in total. The molecule has 132 valence electrons. The lowest BCUT2D eigenvalue weighted by Gasteiger charge is -2.04. The van der Waals surface area contributed by atoms with Gasteiger partial charge in [0, 0.05) is 29.6 Å². The van der Waals surface area contributed by atoms with E-state index < -0.39 is 4.92 Å². The van der Waals surface area contributed by atoms with Crippen LogP contribution in [0.5, 0.6) is 0 Å². The number of thiazole rings is 1. The molecule has 0 saturated carbocycles. The Morgan fingerprint density at radius 3 is 2.77 bits per heavy atom. The fourth-order valence-corrected chi connectivity index (χ4v) is 3.87. The minimum absolute atomic E-state index is 0.0324. The van der Waals surface area contributed by atoms with Gasteiger partial charge in [0.2, 0.25) is 5.91 Å². The monoisotopic (exact) mass is 385 g/mol. The van der Waals surface area contributed by atoms with Crippen LogP contribution in [-0.4, -0.2) is 21.6 Å². The molecule has 0 saturated heterocycles. The van der Waals surface area contributed by atoms with Gasteiger partial charge in [-0.2, -0.15) is 0 Å². The lowest BCUT2D eigenvalue weighted by molar-refractivity contribution is -0.384. The van der Waals surface area contributed by atoms with E-state index in [1.807, 2.05) is 35.7 Å². The van der Waals surface area contributed by atoms with Crippen LogP contribution in [0.2, 0.25) is 0 Å². The Morgan fingerprint density at radius 2 is 2.00 bits per heavy atom. The van der Waals surface area contributed by atoms with E-state index in [1.165, 1.54) is 35.2 Å². The van der Waals surface area contributed by atoms with Crippen LogP contribution >= 0.6 is 23.1 Å². The van der Waals surface area contributed by atoms with Gasteiger partial charge in [0.1, 0.15) is 0 Å². The number of carbonyl (C=O) groups is 1. The Hall–Kier alpha value is -2.71. The molecule has 1 heterocycles. The summed E-state index contributed by atoms with van der Waals surface area (Å²) in [6, 6.07) is 16.1. The topological polar surface area (TPSA) is 85.1 Å². The fraction of sp³-hybridized carbons (Fsp3) is 0.111. The molecule has 0 aliphatic carbocycles. The van der Waals surface area contributed by atoms with E-state index in [-0.39, 0.29) is 17.3 Å². The van der Waals surface area contributed by atoms with Gasteiger partial charge in [0.05, 0.1) is 16.4 Å². The normalized spacial score (nSPS) is 10.5. The molecule has 0 bridgehead atoms. The second-order valence-electron chi connectivity index (χ2n) is 5.36. The highest BCUT2D eigenvalue weighted by Crippen LogP contribution is 2.29. The van der Waals surface area contributed by atoms with Gasteiger partial charge in [-0.3, -0.25) is 14.9 Å². The van der Waals surface area contributed by atoms with Crippen molar-refractivity contribution in [2.45, 2.75) is 10.9 Å². The highest BCUT2D eigenvalue weighted by molar-refractivity contribution is 8.01. The molecule has 0 atom stereocenters. The van der Waals surface area contributed by atoms with Crippen molar-refractivity contribution in [1.29, 1.82) is 0 Å². The van der Waals surface area contributed by atoms with Gasteiger partial charge in [0.15, 0.2) is 4.34 Å². The van der Waals surface area contributed by atoms with Crippen molar-refractivity contribution in [3.63, 3.8) is 0 Å². The van der Waals surface area contributed by atoms with Crippen LogP contribution < -0.4 is 5.32 Å². The van der Waals surface area contributed by atoms with Crippen molar-refractivity contribution in [3.05, 3.63) is 75.7 Å². The SMILES string of the molecule is O=C(CSc1nc(-c2cccc([N+](=O)[O-])c2)cs1)NCc1ccccc1. The number of rotatable bonds is 7. The highest BCUT2D eigenvalue weighted by Gasteiger charge is 2.11. The molecule has 3 rings (SSSR count). The molecule has 1 amide bonds. The molecule has 0 spiro atoms. The summed E-state index contributed by atoms with van der Waals surface area (Å²) in [6.07, 6.45) is 0. The van der Waals surface area contributed by atoms with Crippen LogP contribution in [-0.2, 0) is 11.3 Å². The Morgan fingerprint density at radius 1 is 1.19 bits per heavy atom. The van der Waals surface area contributed by atoms with Crippen molar-refractivity contribution in [2.24, 2.45) is 0 Å². The van der Waals surface area contributed by atoms with Crippen LogP contribution in [0.25, 0.3) is 11.3 Å². The van der Waals surface area contributed by atoms with E-state index in [9.17, 15) is 14.9 Å². The van der Waals surface area contributed by atoms with E-state index in [2.05, 4.69) is 10.3 Å². The summed E-state index contributed by atoms with van der Waals surface area (Å²) in [6.45, 7) is 0.497. The number of aromatic nitrogens is 1. The largest absolute Gasteiger partial charge is 0.351 e. The van der Waals surface area contributed by atoms with Crippen molar-refractivity contribution in [2.75, 3.05) is 5.75 Å². The quantitative estimate of drug-likeness (QED) is 0.375. The van der Waals surface area contributed by atoms with Gasteiger partial charge in [-0.05, 0) is 5.56 Å². The van der Waals surface area contributed by atoms with Crippen LogP contribution in [0.15, 0.2) is 64.3 Å². The minimum atomic E-state index is -0.428. The molecule has 0 aliphatic heterocycles. The maximum atomic E-state index is 12.0. The van der Waals surface area contributed by atoms with Crippen LogP contribution in [0.3, 0.4) is 0 Å². The average molecular weight is 385 g/mol. The molecule has 2 aromatic carbocycles. The summed E-state index contributed by atoms with van der Waals surface area (Å²) >= 11 is 2.77. The van der Waals surface area contributed by atoms with Gasteiger partial charge in [0.25, 0.3) is 5.69 Å². The summed E-state index contributed by atoms with van der Waals surface area (Å²) in [5, 5.41) is 15.6. The lowest BCUT2D eigenvalue weighted by Crippen LogP contribution is -2.24. The summed E-state index contributed by atoms with van der Waals surface area (Å²) in [5.74, 6) is 0.209. The van der Waals surface area contributed by atoms with E-state index in [0.29, 0.717) is 17.8 Å². The molecule has 0 fully saturated rings. The zero-order valence-electron chi connectivity index (χ0n) is 13.6. The number of non-ortho nitro benzene ring substituents is 1. The fourth-order valence-electron chi connectivity index (χ4n) is 2.21. The highest BCUT2D eigenvalue weighted by atomic mass is 32.2. The third-order valence-electron chi connectivity index (χ3n) is 3.50. The minimum Gasteiger partial charge on any atom is -0.351 e. The van der Waals surface area contributed by atoms with Gasteiger partial charge >= 0.3 is 0 Å². The Labute approximate surface area is 158 Å². The predicted octanol–water partition coefficient (Wildman–Crippen LogP) is 4.13. The van der Waals surface area contributed by atoms with E-state index in [4.69, 9.17) is 0 Å². The third kappa shape index (κ3) is 4.90. The molecule has 3 aromatic rings. The van der Waals surface area contributed by atoms with E-state index in [0.717, 1.165) is 9.90 Å². The van der Waals surface area contributed by atoms with Crippen molar-refractivity contribution in [1.82, 2.24) is 10.3 Å². The summed E-state index contributed by atoms with van der Waals surface area (Å²) in [7, 11) is 0. The number of benzene rings is 2. The zero-order valence-corrected chi connectivity index (χ0v) is 15.3. The zero-order chi connectivity index (χ0) is 18.4.